The van der Waals surface area contributed by atoms with Gasteiger partial charge in [0.2, 0.25) is 0 Å². The summed E-state index contributed by atoms with van der Waals surface area (Å²) >= 11 is 1.73. The van der Waals surface area contributed by atoms with Crippen molar-refractivity contribution in [1.82, 2.24) is 19.9 Å². The van der Waals surface area contributed by atoms with E-state index in [4.69, 9.17) is 0 Å². The topological polar surface area (TPSA) is 51.0 Å². The number of amides is 1. The van der Waals surface area contributed by atoms with E-state index in [2.05, 4.69) is 27.8 Å². The highest BCUT2D eigenvalue weighted by atomic mass is 32.1. The first-order chi connectivity index (χ1) is 11.3. The van der Waals surface area contributed by atoms with Crippen LogP contribution in [-0.4, -0.2) is 32.3 Å². The number of hydrogen-bond donors (Lipinski definition) is 0. The molecule has 2 aromatic heterocycles. The van der Waals surface area contributed by atoms with Crippen molar-refractivity contribution >= 4 is 28.3 Å². The van der Waals surface area contributed by atoms with Crippen LogP contribution >= 0.6 is 11.3 Å². The maximum absolute atomic E-state index is 12.9. The Labute approximate surface area is 138 Å². The van der Waals surface area contributed by atoms with Crippen LogP contribution in [0.25, 0.3) is 11.0 Å². The third kappa shape index (κ3) is 2.43. The molecule has 0 bridgehead atoms. The van der Waals surface area contributed by atoms with E-state index in [1.165, 1.54) is 4.88 Å². The van der Waals surface area contributed by atoms with E-state index in [1.54, 1.807) is 11.3 Å². The number of hydrogen-bond acceptors (Lipinski definition) is 4. The number of nitrogens with zero attached hydrogens (tertiary/aromatic N) is 4. The Balaban J connectivity index is 1.65. The van der Waals surface area contributed by atoms with Crippen LogP contribution in [0, 0.1) is 0 Å². The van der Waals surface area contributed by atoms with Gasteiger partial charge < -0.3 is 4.90 Å². The van der Waals surface area contributed by atoms with Gasteiger partial charge in [-0.2, -0.15) is 0 Å². The number of fused-ring (bicyclic) bond motifs is 1. The van der Waals surface area contributed by atoms with E-state index in [9.17, 15) is 4.79 Å². The predicted octanol–water partition coefficient (Wildman–Crippen LogP) is 3.49. The van der Waals surface area contributed by atoms with Crippen LogP contribution in [0.3, 0.4) is 0 Å². The Bertz CT molecular complexity index is 840. The Morgan fingerprint density at radius 3 is 3.09 bits per heavy atom. The van der Waals surface area contributed by atoms with E-state index < -0.39 is 0 Å². The fourth-order valence-corrected chi connectivity index (χ4v) is 4.16. The van der Waals surface area contributed by atoms with Gasteiger partial charge in [0, 0.05) is 23.5 Å². The van der Waals surface area contributed by atoms with Crippen LogP contribution in [0.2, 0.25) is 0 Å². The smallest absolute Gasteiger partial charge is 0.254 e. The van der Waals surface area contributed by atoms with Crippen molar-refractivity contribution in [3.05, 3.63) is 46.2 Å². The molecule has 0 aliphatic carbocycles. The van der Waals surface area contributed by atoms with Crippen molar-refractivity contribution in [1.29, 1.82) is 0 Å². The van der Waals surface area contributed by atoms with Gasteiger partial charge in [-0.25, -0.2) is 4.68 Å². The minimum Gasteiger partial charge on any atom is -0.331 e. The van der Waals surface area contributed by atoms with E-state index in [0.717, 1.165) is 37.0 Å². The van der Waals surface area contributed by atoms with Gasteiger partial charge in [0.25, 0.3) is 5.91 Å². The number of aromatic nitrogens is 3. The molecule has 1 aliphatic rings. The maximum Gasteiger partial charge on any atom is 0.254 e. The number of carbonyl (C=O) groups is 1. The van der Waals surface area contributed by atoms with Crippen molar-refractivity contribution in [3.63, 3.8) is 0 Å². The normalized spacial score (nSPS) is 18.0. The summed E-state index contributed by atoms with van der Waals surface area (Å²) in [6.07, 6.45) is 2.10. The van der Waals surface area contributed by atoms with Gasteiger partial charge in [-0.1, -0.05) is 11.3 Å². The van der Waals surface area contributed by atoms with E-state index in [0.29, 0.717) is 5.56 Å². The Morgan fingerprint density at radius 2 is 2.30 bits per heavy atom. The third-order valence-corrected chi connectivity index (χ3v) is 5.42. The molecule has 0 unspecified atom stereocenters. The highest BCUT2D eigenvalue weighted by Crippen LogP contribution is 2.35. The predicted molar refractivity (Wildman–Crippen MR) is 90.5 cm³/mol. The van der Waals surface area contributed by atoms with Gasteiger partial charge in [0.05, 0.1) is 11.6 Å². The highest BCUT2D eigenvalue weighted by Gasteiger charge is 2.31. The van der Waals surface area contributed by atoms with Crippen molar-refractivity contribution in [2.75, 3.05) is 6.54 Å². The summed E-state index contributed by atoms with van der Waals surface area (Å²) in [6.45, 7) is 3.63. The highest BCUT2D eigenvalue weighted by molar-refractivity contribution is 7.10. The SMILES string of the molecule is CCn1nnc2cc(C(=O)N3CCC[C@@H]3c3cccs3)ccc21. The lowest BCUT2D eigenvalue weighted by Gasteiger charge is -2.24. The Kier molecular flexibility index (Phi) is 3.61. The lowest BCUT2D eigenvalue weighted by molar-refractivity contribution is 0.0738. The molecule has 1 atom stereocenters. The lowest BCUT2D eigenvalue weighted by Crippen LogP contribution is -2.30. The van der Waals surface area contributed by atoms with Crippen molar-refractivity contribution in [2.24, 2.45) is 0 Å². The van der Waals surface area contributed by atoms with Gasteiger partial charge in [-0.3, -0.25) is 4.79 Å². The molecule has 5 nitrogen and oxygen atoms in total. The molecule has 118 valence electrons. The van der Waals surface area contributed by atoms with Crippen LogP contribution in [-0.2, 0) is 6.54 Å². The molecule has 3 aromatic rings. The molecule has 1 aromatic carbocycles. The first-order valence-electron chi connectivity index (χ1n) is 7.95. The van der Waals surface area contributed by atoms with Crippen LogP contribution < -0.4 is 0 Å². The van der Waals surface area contributed by atoms with Crippen molar-refractivity contribution in [2.45, 2.75) is 32.4 Å². The minimum atomic E-state index is 0.0915. The lowest BCUT2D eigenvalue weighted by atomic mass is 10.1. The quantitative estimate of drug-likeness (QED) is 0.740. The van der Waals surface area contributed by atoms with E-state index >= 15 is 0 Å². The summed E-state index contributed by atoms with van der Waals surface area (Å²) in [6, 6.07) is 10.1. The van der Waals surface area contributed by atoms with Crippen molar-refractivity contribution < 1.29 is 4.79 Å². The molecule has 1 aliphatic heterocycles. The molecule has 0 N–H and O–H groups in total. The van der Waals surface area contributed by atoms with Gasteiger partial charge in [0.15, 0.2) is 0 Å². The van der Waals surface area contributed by atoms with Gasteiger partial charge in [-0.15, -0.1) is 16.4 Å². The fourth-order valence-electron chi connectivity index (χ4n) is 3.29. The summed E-state index contributed by atoms with van der Waals surface area (Å²) in [5.74, 6) is 0.0915. The maximum atomic E-state index is 12.9. The van der Waals surface area contributed by atoms with Crippen LogP contribution in [0.15, 0.2) is 35.7 Å². The molecule has 6 heteroatoms. The molecule has 0 spiro atoms. The van der Waals surface area contributed by atoms with Gasteiger partial charge >= 0.3 is 0 Å². The van der Waals surface area contributed by atoms with Gasteiger partial charge in [0.1, 0.15) is 5.52 Å². The zero-order valence-corrected chi connectivity index (χ0v) is 13.8. The number of thiophene rings is 1. The molecule has 1 amide bonds. The number of rotatable bonds is 3. The summed E-state index contributed by atoms with van der Waals surface area (Å²) < 4.78 is 1.84. The summed E-state index contributed by atoms with van der Waals surface area (Å²) in [4.78, 5) is 16.2. The molecule has 4 rings (SSSR count). The average Bonchev–Trinajstić information content (AvgIpc) is 3.31. The minimum absolute atomic E-state index is 0.0915. The molecule has 1 saturated heterocycles. The number of carbonyl (C=O) groups excluding carboxylic acids is 1. The zero-order valence-electron chi connectivity index (χ0n) is 13.0. The first-order valence-corrected chi connectivity index (χ1v) is 8.83. The Hall–Kier alpha value is -2.21. The monoisotopic (exact) mass is 326 g/mol. The van der Waals surface area contributed by atoms with Crippen LogP contribution in [0.4, 0.5) is 0 Å². The second kappa shape index (κ2) is 5.77. The summed E-state index contributed by atoms with van der Waals surface area (Å²) in [5, 5.41) is 10.4. The average molecular weight is 326 g/mol. The number of likely N-dealkylation sites (tertiary alicyclic amines) is 1. The Morgan fingerprint density at radius 1 is 1.39 bits per heavy atom. The number of benzene rings is 1. The van der Waals surface area contributed by atoms with Crippen LogP contribution in [0.5, 0.6) is 0 Å². The fraction of sp³-hybridized carbons (Fsp3) is 0.353. The van der Waals surface area contributed by atoms with Crippen LogP contribution in [0.1, 0.15) is 41.0 Å². The number of aryl methyl sites for hydroxylation is 1. The zero-order chi connectivity index (χ0) is 15.8. The second-order valence-electron chi connectivity index (χ2n) is 5.78. The second-order valence-corrected chi connectivity index (χ2v) is 6.76. The molecule has 1 fully saturated rings. The van der Waals surface area contributed by atoms with E-state index in [-0.39, 0.29) is 11.9 Å². The standard InChI is InChI=1S/C17H18N4OS/c1-2-21-14-8-7-12(11-13(14)18-19-21)17(22)20-9-3-5-15(20)16-6-4-10-23-16/h4,6-8,10-11,15H,2-3,5,9H2,1H3/t15-/m1/s1. The van der Waals surface area contributed by atoms with Gasteiger partial charge in [-0.05, 0) is 49.4 Å². The molecule has 0 radical (unpaired) electrons. The first kappa shape index (κ1) is 14.4. The third-order valence-electron chi connectivity index (χ3n) is 4.45. The summed E-state index contributed by atoms with van der Waals surface area (Å²) in [5.41, 5.74) is 2.45. The van der Waals surface area contributed by atoms with E-state index in [1.807, 2.05) is 34.7 Å². The molecule has 23 heavy (non-hydrogen) atoms. The molecule has 3 heterocycles. The molecular formula is C17H18N4OS. The molecule has 0 saturated carbocycles. The summed E-state index contributed by atoms with van der Waals surface area (Å²) in [7, 11) is 0. The molecular weight excluding hydrogens is 308 g/mol. The van der Waals surface area contributed by atoms with Crippen molar-refractivity contribution in [3.8, 4) is 0 Å². The largest absolute Gasteiger partial charge is 0.331 e.